The normalized spacial score (nSPS) is 17.2. The standard InChI is InChI=1S/C12H14N2/c1-8-5-12-10(7-13-14-12)6-11(8)9-3-2-4-9/h5-7,9H,2-4H2,1H3,(H,13,14). The van der Waals surface area contributed by atoms with Crippen LogP contribution in [0.5, 0.6) is 0 Å². The number of fused-ring (bicyclic) bond motifs is 1. The summed E-state index contributed by atoms with van der Waals surface area (Å²) in [6.07, 6.45) is 6.04. The number of nitrogens with zero attached hydrogens (tertiary/aromatic N) is 1. The largest absolute Gasteiger partial charge is 0.278 e. The maximum absolute atomic E-state index is 4.06. The average Bonchev–Trinajstić information content (AvgIpc) is 2.48. The van der Waals surface area contributed by atoms with Crippen molar-refractivity contribution < 1.29 is 0 Å². The first kappa shape index (κ1) is 8.04. The van der Waals surface area contributed by atoms with Gasteiger partial charge in [0.25, 0.3) is 0 Å². The zero-order valence-corrected chi connectivity index (χ0v) is 8.38. The fourth-order valence-electron chi connectivity index (χ4n) is 2.28. The first-order valence-electron chi connectivity index (χ1n) is 5.28. The molecule has 0 saturated heterocycles. The number of aromatic nitrogens is 2. The van der Waals surface area contributed by atoms with E-state index in [9.17, 15) is 0 Å². The lowest BCUT2D eigenvalue weighted by Crippen LogP contribution is -2.09. The van der Waals surface area contributed by atoms with Crippen molar-refractivity contribution in [2.24, 2.45) is 0 Å². The molecular weight excluding hydrogens is 172 g/mol. The highest BCUT2D eigenvalue weighted by molar-refractivity contribution is 5.79. The van der Waals surface area contributed by atoms with E-state index in [1.165, 1.54) is 35.8 Å². The number of benzene rings is 1. The van der Waals surface area contributed by atoms with Crippen molar-refractivity contribution in [3.05, 3.63) is 29.5 Å². The summed E-state index contributed by atoms with van der Waals surface area (Å²) in [5.74, 6) is 0.814. The fourth-order valence-corrected chi connectivity index (χ4v) is 2.28. The molecule has 1 heterocycles. The van der Waals surface area contributed by atoms with Gasteiger partial charge in [-0.3, -0.25) is 5.10 Å². The predicted octanol–water partition coefficient (Wildman–Crippen LogP) is 3.14. The molecule has 1 aromatic heterocycles. The van der Waals surface area contributed by atoms with Gasteiger partial charge in [-0.1, -0.05) is 6.42 Å². The molecule has 2 aromatic rings. The molecule has 14 heavy (non-hydrogen) atoms. The van der Waals surface area contributed by atoms with Crippen molar-refractivity contribution in [3.63, 3.8) is 0 Å². The number of rotatable bonds is 1. The van der Waals surface area contributed by atoms with E-state index in [-0.39, 0.29) is 0 Å². The zero-order chi connectivity index (χ0) is 9.54. The minimum Gasteiger partial charge on any atom is -0.278 e. The molecule has 3 rings (SSSR count). The van der Waals surface area contributed by atoms with E-state index < -0.39 is 0 Å². The fraction of sp³-hybridized carbons (Fsp3) is 0.417. The zero-order valence-electron chi connectivity index (χ0n) is 8.38. The Morgan fingerprint density at radius 1 is 1.36 bits per heavy atom. The van der Waals surface area contributed by atoms with Crippen LogP contribution in [-0.2, 0) is 0 Å². The minimum absolute atomic E-state index is 0.814. The van der Waals surface area contributed by atoms with Crippen LogP contribution < -0.4 is 0 Å². The van der Waals surface area contributed by atoms with Crippen LogP contribution in [0.2, 0.25) is 0 Å². The topological polar surface area (TPSA) is 28.7 Å². The maximum Gasteiger partial charge on any atom is 0.0653 e. The number of hydrogen-bond donors (Lipinski definition) is 1. The Morgan fingerprint density at radius 2 is 2.21 bits per heavy atom. The number of nitrogens with one attached hydrogen (secondary N) is 1. The van der Waals surface area contributed by atoms with E-state index >= 15 is 0 Å². The number of aryl methyl sites for hydroxylation is 1. The monoisotopic (exact) mass is 186 g/mol. The first-order valence-corrected chi connectivity index (χ1v) is 5.28. The summed E-state index contributed by atoms with van der Waals surface area (Å²) in [6, 6.07) is 4.52. The molecule has 0 spiro atoms. The average molecular weight is 186 g/mol. The van der Waals surface area contributed by atoms with E-state index in [2.05, 4.69) is 29.3 Å². The van der Waals surface area contributed by atoms with E-state index in [0.717, 1.165) is 11.4 Å². The van der Waals surface area contributed by atoms with Crippen molar-refractivity contribution in [2.75, 3.05) is 0 Å². The Bertz CT molecular complexity index is 466. The van der Waals surface area contributed by atoms with Gasteiger partial charge in [0, 0.05) is 5.39 Å². The molecule has 72 valence electrons. The quantitative estimate of drug-likeness (QED) is 0.728. The molecule has 1 saturated carbocycles. The Kier molecular flexibility index (Phi) is 1.63. The van der Waals surface area contributed by atoms with Gasteiger partial charge in [-0.15, -0.1) is 0 Å². The van der Waals surface area contributed by atoms with Crippen molar-refractivity contribution in [3.8, 4) is 0 Å². The molecule has 1 aliphatic carbocycles. The molecule has 0 radical (unpaired) electrons. The van der Waals surface area contributed by atoms with Crippen molar-refractivity contribution in [2.45, 2.75) is 32.1 Å². The lowest BCUT2D eigenvalue weighted by atomic mass is 9.78. The molecule has 1 aromatic carbocycles. The van der Waals surface area contributed by atoms with Crippen molar-refractivity contribution in [1.82, 2.24) is 10.2 Å². The molecule has 0 bridgehead atoms. The summed E-state index contributed by atoms with van der Waals surface area (Å²) in [5, 5.41) is 8.32. The summed E-state index contributed by atoms with van der Waals surface area (Å²) >= 11 is 0. The van der Waals surface area contributed by atoms with Crippen LogP contribution >= 0.6 is 0 Å². The number of hydrogen-bond acceptors (Lipinski definition) is 1. The van der Waals surface area contributed by atoms with E-state index in [1.807, 2.05) is 6.20 Å². The van der Waals surface area contributed by atoms with Crippen LogP contribution in [0.25, 0.3) is 10.9 Å². The Labute approximate surface area is 83.3 Å². The smallest absolute Gasteiger partial charge is 0.0653 e. The molecule has 1 fully saturated rings. The van der Waals surface area contributed by atoms with Crippen LogP contribution in [-0.4, -0.2) is 10.2 Å². The van der Waals surface area contributed by atoms with Gasteiger partial charge in [0.15, 0.2) is 0 Å². The Morgan fingerprint density at radius 3 is 2.93 bits per heavy atom. The molecule has 0 aliphatic heterocycles. The Hall–Kier alpha value is -1.31. The lowest BCUT2D eigenvalue weighted by Gasteiger charge is -2.27. The highest BCUT2D eigenvalue weighted by atomic mass is 15.1. The third kappa shape index (κ3) is 1.07. The van der Waals surface area contributed by atoms with Gasteiger partial charge in [-0.2, -0.15) is 5.10 Å². The van der Waals surface area contributed by atoms with Gasteiger partial charge >= 0.3 is 0 Å². The molecule has 2 heteroatoms. The summed E-state index contributed by atoms with van der Waals surface area (Å²) in [7, 11) is 0. The molecule has 1 N–H and O–H groups in total. The minimum atomic E-state index is 0.814. The van der Waals surface area contributed by atoms with Crippen LogP contribution in [0.4, 0.5) is 0 Å². The third-order valence-electron chi connectivity index (χ3n) is 3.37. The first-order chi connectivity index (χ1) is 6.84. The third-order valence-corrected chi connectivity index (χ3v) is 3.37. The molecule has 2 nitrogen and oxygen atoms in total. The second-order valence-electron chi connectivity index (χ2n) is 4.29. The van der Waals surface area contributed by atoms with Crippen LogP contribution in [0, 0.1) is 6.92 Å². The summed E-state index contributed by atoms with van der Waals surface area (Å²) in [6.45, 7) is 2.20. The van der Waals surface area contributed by atoms with Gasteiger partial charge in [-0.25, -0.2) is 0 Å². The van der Waals surface area contributed by atoms with Gasteiger partial charge in [0.2, 0.25) is 0 Å². The molecular formula is C12H14N2. The summed E-state index contributed by atoms with van der Waals surface area (Å²) < 4.78 is 0. The molecule has 0 unspecified atom stereocenters. The molecule has 1 aliphatic rings. The van der Waals surface area contributed by atoms with Crippen LogP contribution in [0.15, 0.2) is 18.3 Å². The number of aromatic amines is 1. The van der Waals surface area contributed by atoms with E-state index in [1.54, 1.807) is 0 Å². The molecule has 0 atom stereocenters. The molecule has 0 amide bonds. The Balaban J connectivity index is 2.16. The van der Waals surface area contributed by atoms with Gasteiger partial charge in [0.1, 0.15) is 0 Å². The van der Waals surface area contributed by atoms with Crippen molar-refractivity contribution in [1.29, 1.82) is 0 Å². The summed E-state index contributed by atoms with van der Waals surface area (Å²) in [4.78, 5) is 0. The summed E-state index contributed by atoms with van der Waals surface area (Å²) in [5.41, 5.74) is 4.10. The maximum atomic E-state index is 4.06. The predicted molar refractivity (Wildman–Crippen MR) is 57.4 cm³/mol. The van der Waals surface area contributed by atoms with Crippen molar-refractivity contribution >= 4 is 10.9 Å². The second-order valence-corrected chi connectivity index (χ2v) is 4.29. The van der Waals surface area contributed by atoms with Gasteiger partial charge in [0.05, 0.1) is 11.7 Å². The van der Waals surface area contributed by atoms with E-state index in [4.69, 9.17) is 0 Å². The SMILES string of the molecule is Cc1cc2[nH]ncc2cc1C1CCC1. The number of H-pyrrole nitrogens is 1. The van der Waals surface area contributed by atoms with Gasteiger partial charge < -0.3 is 0 Å². The van der Waals surface area contributed by atoms with Crippen LogP contribution in [0.1, 0.15) is 36.3 Å². The lowest BCUT2D eigenvalue weighted by molar-refractivity contribution is 0.418. The second kappa shape index (κ2) is 2.84. The highest BCUT2D eigenvalue weighted by Crippen LogP contribution is 2.38. The van der Waals surface area contributed by atoms with E-state index in [0.29, 0.717) is 0 Å². The van der Waals surface area contributed by atoms with Gasteiger partial charge in [-0.05, 0) is 48.9 Å². The van der Waals surface area contributed by atoms with Crippen LogP contribution in [0.3, 0.4) is 0 Å². The highest BCUT2D eigenvalue weighted by Gasteiger charge is 2.21.